The summed E-state index contributed by atoms with van der Waals surface area (Å²) in [6, 6.07) is 5.41. The largest absolute Gasteiger partial charge is 0.384 e. The lowest BCUT2D eigenvalue weighted by Crippen LogP contribution is -2.38. The van der Waals surface area contributed by atoms with E-state index in [2.05, 4.69) is 15.3 Å². The van der Waals surface area contributed by atoms with Gasteiger partial charge in [-0.1, -0.05) is 0 Å². The Morgan fingerprint density at radius 2 is 1.95 bits per heavy atom. The molecule has 0 saturated heterocycles. The number of ether oxygens (including phenoxy) is 1. The molecule has 3 N–H and O–H groups in total. The zero-order valence-corrected chi connectivity index (χ0v) is 12.6. The zero-order chi connectivity index (χ0) is 15.5. The van der Waals surface area contributed by atoms with Crippen molar-refractivity contribution in [2.45, 2.75) is 31.7 Å². The van der Waals surface area contributed by atoms with Crippen molar-refractivity contribution in [3.05, 3.63) is 34.2 Å². The number of benzene rings is 1. The third-order valence-corrected chi connectivity index (χ3v) is 4.36. The van der Waals surface area contributed by atoms with Crippen molar-refractivity contribution in [1.29, 1.82) is 0 Å². The number of methoxy groups -OCH3 is 1. The van der Waals surface area contributed by atoms with Gasteiger partial charge in [0.15, 0.2) is 0 Å². The summed E-state index contributed by atoms with van der Waals surface area (Å²) in [4.78, 5) is 28.9. The molecule has 0 radical (unpaired) electrons. The summed E-state index contributed by atoms with van der Waals surface area (Å²) in [6.07, 6.45) is 4.15. The summed E-state index contributed by atoms with van der Waals surface area (Å²) >= 11 is 0. The number of aromatic nitrogens is 2. The lowest BCUT2D eigenvalue weighted by atomic mass is 9.86. The number of nitrogens with one attached hydrogen (secondary N) is 3. The number of rotatable bonds is 4. The van der Waals surface area contributed by atoms with Gasteiger partial charge in [-0.25, -0.2) is 4.79 Å². The van der Waals surface area contributed by atoms with Gasteiger partial charge in [0.1, 0.15) is 0 Å². The summed E-state index contributed by atoms with van der Waals surface area (Å²) < 4.78 is 5.19. The first kappa shape index (κ1) is 14.8. The number of fused-ring (bicyclic) bond motifs is 1. The first-order chi connectivity index (χ1) is 10.7. The predicted octanol–water partition coefficient (Wildman–Crippen LogP) is 1.79. The molecule has 1 aromatic carbocycles. The number of amides is 1. The monoisotopic (exact) mass is 303 g/mol. The molecular weight excluding hydrogens is 282 g/mol. The fourth-order valence-corrected chi connectivity index (χ4v) is 3.15. The van der Waals surface area contributed by atoms with Gasteiger partial charge in [0.2, 0.25) is 0 Å². The number of carbonyl (C=O) groups is 1. The topological polar surface area (TPSA) is 87.0 Å². The molecule has 118 valence electrons. The van der Waals surface area contributed by atoms with Crippen LogP contribution in [0.5, 0.6) is 0 Å². The average molecular weight is 303 g/mol. The van der Waals surface area contributed by atoms with Crippen molar-refractivity contribution in [3.8, 4) is 0 Å². The molecule has 0 bridgehead atoms. The van der Waals surface area contributed by atoms with Gasteiger partial charge in [-0.2, -0.15) is 0 Å². The third kappa shape index (κ3) is 3.22. The molecular formula is C16H21N3O3. The molecule has 22 heavy (non-hydrogen) atoms. The Hall–Kier alpha value is -2.08. The molecule has 0 aliphatic heterocycles. The van der Waals surface area contributed by atoms with Crippen LogP contribution in [-0.2, 0) is 4.74 Å². The fraction of sp³-hybridized carbons (Fsp3) is 0.500. The Balaban J connectivity index is 1.62. The second-order valence-electron chi connectivity index (χ2n) is 5.99. The van der Waals surface area contributed by atoms with E-state index in [9.17, 15) is 9.59 Å². The second kappa shape index (κ2) is 6.36. The number of aromatic amines is 2. The normalized spacial score (nSPS) is 21.9. The number of hydrogen-bond acceptors (Lipinski definition) is 3. The van der Waals surface area contributed by atoms with Gasteiger partial charge >= 0.3 is 5.69 Å². The van der Waals surface area contributed by atoms with Crippen LogP contribution in [0.3, 0.4) is 0 Å². The molecule has 1 saturated carbocycles. The minimum Gasteiger partial charge on any atom is -0.384 e. The summed E-state index contributed by atoms with van der Waals surface area (Å²) in [5, 5.41) is 3.09. The first-order valence-corrected chi connectivity index (χ1v) is 7.67. The summed E-state index contributed by atoms with van der Waals surface area (Å²) in [5.74, 6) is 0.526. The minimum absolute atomic E-state index is 0.0841. The molecule has 1 heterocycles. The van der Waals surface area contributed by atoms with Crippen molar-refractivity contribution in [1.82, 2.24) is 15.3 Å². The van der Waals surface area contributed by atoms with Crippen LogP contribution in [0.2, 0.25) is 0 Å². The molecule has 1 amide bonds. The van der Waals surface area contributed by atoms with E-state index in [4.69, 9.17) is 4.74 Å². The molecule has 1 aliphatic rings. The van der Waals surface area contributed by atoms with E-state index in [0.717, 1.165) is 32.3 Å². The van der Waals surface area contributed by atoms with Crippen LogP contribution >= 0.6 is 0 Å². The fourth-order valence-electron chi connectivity index (χ4n) is 3.15. The van der Waals surface area contributed by atoms with Gasteiger partial charge in [0.05, 0.1) is 11.0 Å². The van der Waals surface area contributed by atoms with Crippen LogP contribution in [0.4, 0.5) is 0 Å². The van der Waals surface area contributed by atoms with E-state index >= 15 is 0 Å². The van der Waals surface area contributed by atoms with Crippen LogP contribution in [0.1, 0.15) is 36.0 Å². The van der Waals surface area contributed by atoms with Crippen LogP contribution in [-0.4, -0.2) is 35.6 Å². The van der Waals surface area contributed by atoms with Crippen LogP contribution in [0.15, 0.2) is 23.0 Å². The van der Waals surface area contributed by atoms with Crippen molar-refractivity contribution in [2.24, 2.45) is 5.92 Å². The van der Waals surface area contributed by atoms with E-state index < -0.39 is 0 Å². The Kier molecular flexibility index (Phi) is 4.29. The van der Waals surface area contributed by atoms with Crippen molar-refractivity contribution in [3.63, 3.8) is 0 Å². The maximum absolute atomic E-state index is 12.3. The number of hydrogen-bond donors (Lipinski definition) is 3. The molecule has 0 unspecified atom stereocenters. The van der Waals surface area contributed by atoms with Crippen molar-refractivity contribution in [2.75, 3.05) is 13.7 Å². The standard InChI is InChI=1S/C16H21N3O3/c1-22-9-10-2-5-12(6-3-10)17-15(20)11-4-7-13-14(8-11)19-16(21)18-13/h4,7-8,10,12H,2-3,5-6,9H2,1H3,(H,17,20)(H2,18,19,21). The maximum atomic E-state index is 12.3. The van der Waals surface area contributed by atoms with Gasteiger partial charge in [-0.3, -0.25) is 4.79 Å². The molecule has 1 aliphatic carbocycles. The molecule has 3 rings (SSSR count). The van der Waals surface area contributed by atoms with Crippen LogP contribution < -0.4 is 11.0 Å². The SMILES string of the molecule is COCC1CCC(NC(=O)c2ccc3[nH]c(=O)[nH]c3c2)CC1. The summed E-state index contributed by atoms with van der Waals surface area (Å²) in [7, 11) is 1.73. The van der Waals surface area contributed by atoms with E-state index in [1.54, 1.807) is 25.3 Å². The van der Waals surface area contributed by atoms with Gasteiger partial charge in [-0.15, -0.1) is 0 Å². The Labute approximate surface area is 128 Å². The highest BCUT2D eigenvalue weighted by atomic mass is 16.5. The van der Waals surface area contributed by atoms with Crippen molar-refractivity contribution < 1.29 is 9.53 Å². The van der Waals surface area contributed by atoms with Gasteiger partial charge in [0.25, 0.3) is 5.91 Å². The second-order valence-corrected chi connectivity index (χ2v) is 5.99. The smallest absolute Gasteiger partial charge is 0.323 e. The number of H-pyrrole nitrogens is 2. The quantitative estimate of drug-likeness (QED) is 0.804. The molecule has 0 spiro atoms. The van der Waals surface area contributed by atoms with E-state index in [1.165, 1.54) is 0 Å². The maximum Gasteiger partial charge on any atom is 0.323 e. The van der Waals surface area contributed by atoms with Gasteiger partial charge in [0, 0.05) is 25.3 Å². The number of carbonyl (C=O) groups excluding carboxylic acids is 1. The molecule has 0 atom stereocenters. The Morgan fingerprint density at radius 3 is 2.68 bits per heavy atom. The molecule has 2 aromatic rings. The highest BCUT2D eigenvalue weighted by Crippen LogP contribution is 2.24. The van der Waals surface area contributed by atoms with Crippen molar-refractivity contribution >= 4 is 16.9 Å². The lowest BCUT2D eigenvalue weighted by molar-refractivity contribution is 0.0898. The minimum atomic E-state index is -0.260. The highest BCUT2D eigenvalue weighted by Gasteiger charge is 2.22. The molecule has 6 heteroatoms. The van der Waals surface area contributed by atoms with E-state index in [-0.39, 0.29) is 17.6 Å². The highest BCUT2D eigenvalue weighted by molar-refractivity contribution is 5.97. The van der Waals surface area contributed by atoms with Crippen LogP contribution in [0, 0.1) is 5.92 Å². The summed E-state index contributed by atoms with van der Waals surface area (Å²) in [6.45, 7) is 0.804. The Bertz CT molecular complexity index is 711. The first-order valence-electron chi connectivity index (χ1n) is 7.67. The molecule has 6 nitrogen and oxygen atoms in total. The van der Waals surface area contributed by atoms with Gasteiger partial charge in [-0.05, 0) is 49.8 Å². The third-order valence-electron chi connectivity index (χ3n) is 4.36. The Morgan fingerprint density at radius 1 is 1.23 bits per heavy atom. The number of imidazole rings is 1. The predicted molar refractivity (Wildman–Crippen MR) is 84.0 cm³/mol. The summed E-state index contributed by atoms with van der Waals surface area (Å²) in [5.41, 5.74) is 1.67. The van der Waals surface area contributed by atoms with E-state index in [1.807, 2.05) is 0 Å². The van der Waals surface area contributed by atoms with Gasteiger partial charge < -0.3 is 20.0 Å². The zero-order valence-electron chi connectivity index (χ0n) is 12.6. The molecule has 1 fully saturated rings. The van der Waals surface area contributed by atoms with E-state index in [0.29, 0.717) is 22.5 Å². The van der Waals surface area contributed by atoms with Crippen LogP contribution in [0.25, 0.3) is 11.0 Å². The lowest BCUT2D eigenvalue weighted by Gasteiger charge is -2.28. The average Bonchev–Trinajstić information content (AvgIpc) is 2.88. The molecule has 1 aromatic heterocycles.